The Labute approximate surface area is 103 Å². The summed E-state index contributed by atoms with van der Waals surface area (Å²) in [7, 11) is 0. The van der Waals surface area contributed by atoms with Crippen LogP contribution in [-0.4, -0.2) is 23.7 Å². The smallest absolute Gasteiger partial charge is 0.291 e. The van der Waals surface area contributed by atoms with E-state index in [1.807, 2.05) is 30.0 Å². The molecule has 0 aromatic carbocycles. The van der Waals surface area contributed by atoms with Crippen LogP contribution in [0.3, 0.4) is 0 Å². The Morgan fingerprint density at radius 3 is 2.94 bits per heavy atom. The van der Waals surface area contributed by atoms with E-state index in [2.05, 4.69) is 10.1 Å². The van der Waals surface area contributed by atoms with Gasteiger partial charge >= 0.3 is 0 Å². The molecule has 0 atom stereocenters. The van der Waals surface area contributed by atoms with Gasteiger partial charge in [0.1, 0.15) is 17.7 Å². The zero-order valence-electron chi connectivity index (χ0n) is 10.0. The van der Waals surface area contributed by atoms with Crippen LogP contribution >= 0.6 is 0 Å². The van der Waals surface area contributed by atoms with Gasteiger partial charge in [-0.15, -0.1) is 0 Å². The van der Waals surface area contributed by atoms with Gasteiger partial charge in [0, 0.05) is 25.1 Å². The van der Waals surface area contributed by atoms with Crippen molar-refractivity contribution in [1.29, 1.82) is 0 Å². The highest BCUT2D eigenvalue weighted by molar-refractivity contribution is 5.43. The topological polar surface area (TPSA) is 57.1 Å². The van der Waals surface area contributed by atoms with Crippen molar-refractivity contribution in [2.45, 2.75) is 20.0 Å². The second kappa shape index (κ2) is 4.14. The fourth-order valence-corrected chi connectivity index (χ4v) is 1.98. The molecule has 3 aromatic rings. The Balaban J connectivity index is 1.89. The van der Waals surface area contributed by atoms with Gasteiger partial charge in [-0.2, -0.15) is 5.10 Å². The molecule has 0 bridgehead atoms. The van der Waals surface area contributed by atoms with Crippen LogP contribution in [0.2, 0.25) is 0 Å². The predicted octanol–water partition coefficient (Wildman–Crippen LogP) is 0.701. The van der Waals surface area contributed by atoms with Gasteiger partial charge in [0.2, 0.25) is 0 Å². The summed E-state index contributed by atoms with van der Waals surface area (Å²) in [6.07, 6.45) is 7.11. The molecule has 92 valence electrons. The first-order chi connectivity index (χ1) is 8.75. The van der Waals surface area contributed by atoms with E-state index in [0.717, 1.165) is 5.82 Å². The second-order valence-electron chi connectivity index (χ2n) is 4.13. The maximum Gasteiger partial charge on any atom is 0.291 e. The first kappa shape index (κ1) is 10.8. The molecule has 3 rings (SSSR count). The fraction of sp³-hybridized carbons (Fsp3) is 0.250. The highest BCUT2D eigenvalue weighted by Gasteiger charge is 2.04. The minimum atomic E-state index is -0.0692. The summed E-state index contributed by atoms with van der Waals surface area (Å²) < 4.78 is 5.20. The minimum absolute atomic E-state index is 0.0692. The molecular formula is C12H13N5O. The standard InChI is InChI=1S/C12H13N5O/c1-10-13-4-6-15(10)7-8-17-12(18)11-3-2-5-16(11)9-14-17/h2-6,9H,7-8H2,1H3. The van der Waals surface area contributed by atoms with Crippen molar-refractivity contribution in [2.75, 3.05) is 0 Å². The van der Waals surface area contributed by atoms with Gasteiger partial charge in [-0.25, -0.2) is 9.67 Å². The Kier molecular flexibility index (Phi) is 2.47. The highest BCUT2D eigenvalue weighted by Crippen LogP contribution is 1.98. The maximum atomic E-state index is 12.1. The molecule has 0 saturated carbocycles. The number of fused-ring (bicyclic) bond motifs is 1. The summed E-state index contributed by atoms with van der Waals surface area (Å²) >= 11 is 0. The molecule has 6 heteroatoms. The molecule has 3 aromatic heterocycles. The lowest BCUT2D eigenvalue weighted by Gasteiger charge is -2.07. The molecule has 0 unspecified atom stereocenters. The molecule has 0 amide bonds. The van der Waals surface area contributed by atoms with E-state index in [-0.39, 0.29) is 5.56 Å². The first-order valence-corrected chi connectivity index (χ1v) is 5.76. The number of hydrogen-bond donors (Lipinski definition) is 0. The van der Waals surface area contributed by atoms with Crippen LogP contribution in [0.15, 0.2) is 41.8 Å². The Morgan fingerprint density at radius 1 is 1.28 bits per heavy atom. The van der Waals surface area contributed by atoms with E-state index in [1.165, 1.54) is 4.68 Å². The van der Waals surface area contributed by atoms with Crippen LogP contribution < -0.4 is 5.56 Å². The summed E-state index contributed by atoms with van der Waals surface area (Å²) in [5.74, 6) is 0.937. The van der Waals surface area contributed by atoms with Crippen molar-refractivity contribution in [1.82, 2.24) is 23.7 Å². The molecule has 0 radical (unpaired) electrons. The zero-order chi connectivity index (χ0) is 12.5. The number of imidazole rings is 1. The van der Waals surface area contributed by atoms with Crippen LogP contribution in [-0.2, 0) is 13.1 Å². The van der Waals surface area contributed by atoms with Crippen molar-refractivity contribution in [3.63, 3.8) is 0 Å². The number of aromatic nitrogens is 5. The average Bonchev–Trinajstić information content (AvgIpc) is 2.98. The van der Waals surface area contributed by atoms with Crippen LogP contribution in [0.25, 0.3) is 5.52 Å². The van der Waals surface area contributed by atoms with E-state index in [4.69, 9.17) is 0 Å². The highest BCUT2D eigenvalue weighted by atomic mass is 16.1. The number of nitrogens with zero attached hydrogens (tertiary/aromatic N) is 5. The summed E-state index contributed by atoms with van der Waals surface area (Å²) in [4.78, 5) is 16.2. The Hall–Kier alpha value is -2.37. The third-order valence-corrected chi connectivity index (χ3v) is 3.02. The molecule has 0 N–H and O–H groups in total. The number of rotatable bonds is 3. The lowest BCUT2D eigenvalue weighted by Crippen LogP contribution is -2.26. The maximum absolute atomic E-state index is 12.1. The van der Waals surface area contributed by atoms with E-state index >= 15 is 0 Å². The molecule has 0 aliphatic carbocycles. The van der Waals surface area contributed by atoms with Gasteiger partial charge in [-0.1, -0.05) is 0 Å². The van der Waals surface area contributed by atoms with E-state index < -0.39 is 0 Å². The SMILES string of the molecule is Cc1nccn1CCn1ncn2cccc2c1=O. The molecule has 0 fully saturated rings. The van der Waals surface area contributed by atoms with Crippen molar-refractivity contribution >= 4 is 5.52 Å². The van der Waals surface area contributed by atoms with Gasteiger partial charge < -0.3 is 8.97 Å². The third-order valence-electron chi connectivity index (χ3n) is 3.02. The zero-order valence-corrected chi connectivity index (χ0v) is 10.0. The summed E-state index contributed by atoms with van der Waals surface area (Å²) in [5.41, 5.74) is 0.577. The minimum Gasteiger partial charge on any atom is -0.333 e. The van der Waals surface area contributed by atoms with E-state index in [0.29, 0.717) is 18.6 Å². The molecule has 0 saturated heterocycles. The summed E-state index contributed by atoms with van der Waals surface area (Å²) in [5, 5.41) is 4.14. The largest absolute Gasteiger partial charge is 0.333 e. The molecule has 0 aliphatic heterocycles. The third kappa shape index (κ3) is 1.71. The first-order valence-electron chi connectivity index (χ1n) is 5.76. The van der Waals surface area contributed by atoms with Crippen LogP contribution in [0.4, 0.5) is 0 Å². The van der Waals surface area contributed by atoms with Gasteiger partial charge in [-0.05, 0) is 19.1 Å². The summed E-state index contributed by atoms with van der Waals surface area (Å²) in [6.45, 7) is 3.17. The van der Waals surface area contributed by atoms with Crippen LogP contribution in [0.5, 0.6) is 0 Å². The molecule has 0 aliphatic rings. The normalized spacial score (nSPS) is 11.2. The molecule has 3 heterocycles. The van der Waals surface area contributed by atoms with Gasteiger partial charge in [0.25, 0.3) is 5.56 Å². The quantitative estimate of drug-likeness (QED) is 0.680. The Bertz CT molecular complexity index is 736. The van der Waals surface area contributed by atoms with Crippen molar-refractivity contribution in [2.24, 2.45) is 0 Å². The molecular weight excluding hydrogens is 230 g/mol. The molecule has 18 heavy (non-hydrogen) atoms. The monoisotopic (exact) mass is 243 g/mol. The fourth-order valence-electron chi connectivity index (χ4n) is 1.98. The number of aryl methyl sites for hydroxylation is 3. The number of hydrogen-bond acceptors (Lipinski definition) is 3. The Morgan fingerprint density at radius 2 is 2.17 bits per heavy atom. The van der Waals surface area contributed by atoms with E-state index in [9.17, 15) is 4.79 Å². The van der Waals surface area contributed by atoms with E-state index in [1.54, 1.807) is 23.0 Å². The van der Waals surface area contributed by atoms with Gasteiger partial charge in [0.05, 0.1) is 6.54 Å². The van der Waals surface area contributed by atoms with Crippen molar-refractivity contribution in [3.05, 3.63) is 53.2 Å². The van der Waals surface area contributed by atoms with Crippen LogP contribution in [0.1, 0.15) is 5.82 Å². The predicted molar refractivity (Wildman–Crippen MR) is 66.4 cm³/mol. The molecule has 0 spiro atoms. The lowest BCUT2D eigenvalue weighted by atomic mass is 10.5. The lowest BCUT2D eigenvalue weighted by molar-refractivity contribution is 0.501. The van der Waals surface area contributed by atoms with Gasteiger partial charge in [0.15, 0.2) is 0 Å². The van der Waals surface area contributed by atoms with Crippen LogP contribution in [0, 0.1) is 6.92 Å². The van der Waals surface area contributed by atoms with Crippen molar-refractivity contribution in [3.8, 4) is 0 Å². The van der Waals surface area contributed by atoms with Crippen molar-refractivity contribution < 1.29 is 0 Å². The molecule has 6 nitrogen and oxygen atoms in total. The van der Waals surface area contributed by atoms with Gasteiger partial charge in [-0.3, -0.25) is 4.79 Å². The summed E-state index contributed by atoms with van der Waals surface area (Å²) in [6, 6.07) is 3.63. The second-order valence-corrected chi connectivity index (χ2v) is 4.13. The average molecular weight is 243 g/mol.